The van der Waals surface area contributed by atoms with Crippen molar-refractivity contribution in [2.45, 2.75) is 0 Å². The Balaban J connectivity index is 1.76. The summed E-state index contributed by atoms with van der Waals surface area (Å²) in [5.41, 5.74) is 4.36. The van der Waals surface area contributed by atoms with Gasteiger partial charge in [-0.3, -0.25) is 9.97 Å². The van der Waals surface area contributed by atoms with Crippen LogP contribution in [0, 0.1) is 0 Å². The highest BCUT2D eigenvalue weighted by molar-refractivity contribution is 7.13. The van der Waals surface area contributed by atoms with Crippen molar-refractivity contribution in [3.05, 3.63) is 71.7 Å². The highest BCUT2D eigenvalue weighted by Gasteiger charge is 2.06. The van der Waals surface area contributed by atoms with Gasteiger partial charge in [-0.25, -0.2) is 0 Å². The Morgan fingerprint density at radius 2 is 1.14 bits per heavy atom. The summed E-state index contributed by atoms with van der Waals surface area (Å²) < 4.78 is 0. The van der Waals surface area contributed by atoms with Crippen LogP contribution < -0.4 is 0 Å². The molecule has 0 atom stereocenters. The van der Waals surface area contributed by atoms with Crippen LogP contribution >= 0.6 is 22.7 Å². The maximum absolute atomic E-state index is 4.48. The van der Waals surface area contributed by atoms with Crippen molar-refractivity contribution in [1.29, 1.82) is 0 Å². The van der Waals surface area contributed by atoms with Crippen LogP contribution in [0.1, 0.15) is 0 Å². The van der Waals surface area contributed by atoms with Gasteiger partial charge >= 0.3 is 0 Å². The summed E-state index contributed by atoms with van der Waals surface area (Å²) in [5.74, 6) is 0. The molecule has 2 nitrogen and oxygen atoms in total. The molecule has 4 aromatic rings. The fourth-order valence-electron chi connectivity index (χ4n) is 2.34. The first-order valence-electron chi connectivity index (χ1n) is 6.90. The minimum atomic E-state index is 1.02. The molecule has 4 rings (SSSR count). The topological polar surface area (TPSA) is 25.8 Å². The molecule has 0 fully saturated rings. The average Bonchev–Trinajstić information content (AvgIpc) is 3.29. The molecular formula is C18H12N2S2. The summed E-state index contributed by atoms with van der Waals surface area (Å²) in [5, 5.41) is 4.15. The van der Waals surface area contributed by atoms with E-state index < -0.39 is 0 Å². The first-order valence-corrected chi connectivity index (χ1v) is 8.66. The van der Waals surface area contributed by atoms with Crippen LogP contribution in [0.15, 0.2) is 71.7 Å². The largest absolute Gasteiger partial charge is 0.255 e. The van der Waals surface area contributed by atoms with Gasteiger partial charge in [-0.05, 0) is 58.3 Å². The molecule has 0 aromatic carbocycles. The molecule has 0 saturated carbocycles. The lowest BCUT2D eigenvalue weighted by Gasteiger charge is -2.05. The lowest BCUT2D eigenvalue weighted by molar-refractivity contribution is 1.32. The van der Waals surface area contributed by atoms with Gasteiger partial charge in [-0.15, -0.1) is 22.7 Å². The molecule has 4 heteroatoms. The van der Waals surface area contributed by atoms with E-state index >= 15 is 0 Å². The second-order valence-electron chi connectivity index (χ2n) is 4.81. The highest BCUT2D eigenvalue weighted by atomic mass is 32.1. The minimum Gasteiger partial charge on any atom is -0.255 e. The molecule has 4 heterocycles. The molecule has 106 valence electrons. The molecule has 4 aromatic heterocycles. The molecule has 22 heavy (non-hydrogen) atoms. The quantitative estimate of drug-likeness (QED) is 0.491. The third-order valence-electron chi connectivity index (χ3n) is 3.40. The zero-order valence-corrected chi connectivity index (χ0v) is 13.3. The van der Waals surface area contributed by atoms with E-state index in [-0.39, 0.29) is 0 Å². The predicted octanol–water partition coefficient (Wildman–Crippen LogP) is 5.60. The second kappa shape index (κ2) is 5.83. The van der Waals surface area contributed by atoms with E-state index in [9.17, 15) is 0 Å². The normalized spacial score (nSPS) is 10.7. The van der Waals surface area contributed by atoms with E-state index in [1.165, 1.54) is 20.9 Å². The summed E-state index contributed by atoms with van der Waals surface area (Å²) in [7, 11) is 0. The van der Waals surface area contributed by atoms with Gasteiger partial charge < -0.3 is 0 Å². The number of thiophene rings is 2. The standard InChI is InChI=1S/C18H12N2S2/c1-3-17(21-9-1)15-11-13(5-7-19-15)14-6-8-20-16(12-14)18-4-2-10-22-18/h1-12H. The third-order valence-corrected chi connectivity index (χ3v) is 5.19. The minimum absolute atomic E-state index is 1.02. The second-order valence-corrected chi connectivity index (χ2v) is 6.71. The van der Waals surface area contributed by atoms with Gasteiger partial charge in [0.25, 0.3) is 0 Å². The van der Waals surface area contributed by atoms with Crippen molar-refractivity contribution in [1.82, 2.24) is 9.97 Å². The van der Waals surface area contributed by atoms with Gasteiger partial charge in [0.1, 0.15) is 0 Å². The zero-order chi connectivity index (χ0) is 14.8. The molecule has 0 spiro atoms. The smallest absolute Gasteiger partial charge is 0.0807 e. The van der Waals surface area contributed by atoms with Gasteiger partial charge in [0.2, 0.25) is 0 Å². The lowest BCUT2D eigenvalue weighted by atomic mass is 10.1. The van der Waals surface area contributed by atoms with Gasteiger partial charge in [0.05, 0.1) is 21.1 Å². The maximum atomic E-state index is 4.48. The van der Waals surface area contributed by atoms with Crippen LogP contribution in [0.5, 0.6) is 0 Å². The van der Waals surface area contributed by atoms with Gasteiger partial charge in [-0.2, -0.15) is 0 Å². The Labute approximate surface area is 136 Å². The van der Waals surface area contributed by atoms with E-state index in [1.54, 1.807) is 22.7 Å². The Morgan fingerprint density at radius 3 is 1.55 bits per heavy atom. The molecule has 0 saturated heterocycles. The van der Waals surface area contributed by atoms with Crippen molar-refractivity contribution in [2.24, 2.45) is 0 Å². The van der Waals surface area contributed by atoms with E-state index in [0.717, 1.165) is 11.4 Å². The molecular weight excluding hydrogens is 308 g/mol. The highest BCUT2D eigenvalue weighted by Crippen LogP contribution is 2.30. The number of aromatic nitrogens is 2. The monoisotopic (exact) mass is 320 g/mol. The molecule has 0 N–H and O–H groups in total. The SMILES string of the molecule is c1csc(-c2cc(-c3ccnc(-c4cccs4)c3)ccn2)c1. The van der Waals surface area contributed by atoms with Crippen molar-refractivity contribution in [3.8, 4) is 32.3 Å². The van der Waals surface area contributed by atoms with Crippen LogP contribution in [0.25, 0.3) is 32.3 Å². The average molecular weight is 320 g/mol. The fraction of sp³-hybridized carbons (Fsp3) is 0. The summed E-state index contributed by atoms with van der Waals surface area (Å²) in [6, 6.07) is 16.7. The van der Waals surface area contributed by atoms with Crippen molar-refractivity contribution in [3.63, 3.8) is 0 Å². The van der Waals surface area contributed by atoms with Crippen LogP contribution in [0.3, 0.4) is 0 Å². The predicted molar refractivity (Wildman–Crippen MR) is 94.1 cm³/mol. The number of pyridine rings is 2. The summed E-state index contributed by atoms with van der Waals surface area (Å²) in [6.45, 7) is 0. The Bertz CT molecular complexity index is 805. The van der Waals surface area contributed by atoms with E-state index in [1.807, 2.05) is 24.5 Å². The molecule has 0 aliphatic rings. The molecule has 0 unspecified atom stereocenters. The molecule has 0 bridgehead atoms. The van der Waals surface area contributed by atoms with Crippen molar-refractivity contribution in [2.75, 3.05) is 0 Å². The number of rotatable bonds is 3. The molecule has 0 amide bonds. The first-order chi connectivity index (χ1) is 10.9. The Kier molecular flexibility index (Phi) is 3.54. The molecule has 0 aliphatic heterocycles. The van der Waals surface area contributed by atoms with Crippen LogP contribution in [0.4, 0.5) is 0 Å². The van der Waals surface area contributed by atoms with E-state index in [0.29, 0.717) is 0 Å². The van der Waals surface area contributed by atoms with E-state index in [2.05, 4.69) is 57.1 Å². The van der Waals surface area contributed by atoms with E-state index in [4.69, 9.17) is 0 Å². The lowest BCUT2D eigenvalue weighted by Crippen LogP contribution is -1.86. The molecule has 0 aliphatic carbocycles. The maximum Gasteiger partial charge on any atom is 0.0807 e. The number of hydrogen-bond donors (Lipinski definition) is 0. The van der Waals surface area contributed by atoms with Crippen molar-refractivity contribution < 1.29 is 0 Å². The zero-order valence-electron chi connectivity index (χ0n) is 11.6. The third kappa shape index (κ3) is 2.58. The molecule has 0 radical (unpaired) electrons. The number of hydrogen-bond acceptors (Lipinski definition) is 4. The van der Waals surface area contributed by atoms with Crippen LogP contribution in [-0.4, -0.2) is 9.97 Å². The van der Waals surface area contributed by atoms with Gasteiger partial charge in [0.15, 0.2) is 0 Å². The van der Waals surface area contributed by atoms with Gasteiger partial charge in [-0.1, -0.05) is 12.1 Å². The first kappa shape index (κ1) is 13.4. The fourth-order valence-corrected chi connectivity index (χ4v) is 3.72. The summed E-state index contributed by atoms with van der Waals surface area (Å²) >= 11 is 3.42. The summed E-state index contributed by atoms with van der Waals surface area (Å²) in [4.78, 5) is 11.3. The van der Waals surface area contributed by atoms with Crippen LogP contribution in [0.2, 0.25) is 0 Å². The van der Waals surface area contributed by atoms with Crippen molar-refractivity contribution >= 4 is 22.7 Å². The van der Waals surface area contributed by atoms with Gasteiger partial charge in [0, 0.05) is 12.4 Å². The Hall–Kier alpha value is -2.30. The number of nitrogens with zero attached hydrogens (tertiary/aromatic N) is 2. The Morgan fingerprint density at radius 1 is 0.636 bits per heavy atom. The summed E-state index contributed by atoms with van der Waals surface area (Å²) in [6.07, 6.45) is 3.74. The van der Waals surface area contributed by atoms with Crippen LogP contribution in [-0.2, 0) is 0 Å².